The van der Waals surface area contributed by atoms with Gasteiger partial charge in [0.15, 0.2) is 0 Å². The van der Waals surface area contributed by atoms with Crippen LogP contribution in [0.3, 0.4) is 0 Å². The zero-order valence-electron chi connectivity index (χ0n) is 25.8. The van der Waals surface area contributed by atoms with E-state index in [0.29, 0.717) is 41.0 Å². The molecule has 0 spiro atoms. The number of amides is 2. The molecule has 46 heavy (non-hydrogen) atoms. The van der Waals surface area contributed by atoms with Crippen LogP contribution in [0.25, 0.3) is 0 Å². The smallest absolute Gasteiger partial charge is 0.305 e. The van der Waals surface area contributed by atoms with Crippen LogP contribution in [-0.2, 0) is 42.2 Å². The second kappa shape index (κ2) is 14.8. The van der Waals surface area contributed by atoms with Gasteiger partial charge in [0.2, 0.25) is 10.0 Å². The monoisotopic (exact) mass is 667 g/mol. The maximum absolute atomic E-state index is 14.3. The van der Waals surface area contributed by atoms with E-state index in [2.05, 4.69) is 10.2 Å². The maximum atomic E-state index is 14.3. The molecule has 2 aliphatic rings. The number of sulfonamides is 1. The van der Waals surface area contributed by atoms with Gasteiger partial charge in [-0.15, -0.1) is 0 Å². The first kappa shape index (κ1) is 33.6. The van der Waals surface area contributed by atoms with Gasteiger partial charge < -0.3 is 9.64 Å². The minimum absolute atomic E-state index is 0.0728. The van der Waals surface area contributed by atoms with Gasteiger partial charge in [-0.1, -0.05) is 79.0 Å². The number of nitrogens with zero attached hydrogens (tertiary/aromatic N) is 1. The fraction of sp³-hybridized carbons (Fsp3) is 0.382. The second-order valence-corrected chi connectivity index (χ2v) is 14.0. The number of halogens is 1. The summed E-state index contributed by atoms with van der Waals surface area (Å²) in [5.41, 5.74) is 5.99. The molecule has 2 N–H and O–H groups in total. The number of methoxy groups -OCH3 is 1. The molecule has 1 saturated carbocycles. The Labute approximate surface area is 274 Å². The first-order valence-corrected chi connectivity index (χ1v) is 17.5. The predicted molar refractivity (Wildman–Crippen MR) is 173 cm³/mol. The summed E-state index contributed by atoms with van der Waals surface area (Å²) < 4.78 is 32.2. The summed E-state index contributed by atoms with van der Waals surface area (Å²) >= 11 is 6.24. The number of hydrogen-bond acceptors (Lipinski definition) is 7. The Morgan fingerprint density at radius 3 is 2.43 bits per heavy atom. The Bertz CT molecular complexity index is 1680. The van der Waals surface area contributed by atoms with Gasteiger partial charge in [0.25, 0.3) is 11.8 Å². The first-order valence-electron chi connectivity index (χ1n) is 15.3. The van der Waals surface area contributed by atoms with Crippen molar-refractivity contribution in [2.45, 2.75) is 69.2 Å². The summed E-state index contributed by atoms with van der Waals surface area (Å²) in [5.74, 6) is -1.88. The topological polar surface area (TPSA) is 131 Å². The molecular formula is C34H38ClN3O7S. The molecule has 0 aromatic heterocycles. The number of carbonyl (C=O) groups excluding carboxylic acids is 3. The average molecular weight is 668 g/mol. The van der Waals surface area contributed by atoms with Gasteiger partial charge in [-0.05, 0) is 59.7 Å². The highest BCUT2D eigenvalue weighted by atomic mass is 35.5. The van der Waals surface area contributed by atoms with Gasteiger partial charge in [-0.2, -0.15) is 0 Å². The van der Waals surface area contributed by atoms with Crippen LogP contribution in [0.5, 0.6) is 0 Å². The molecule has 3 aromatic rings. The molecule has 12 heteroatoms. The number of esters is 1. The standard InChI is InChI=1S/C34H38ClN3O7S/c1-44-30(39)19-14-22-8-7-9-23(20-22)21-45-36-33(40)31-26-10-3-4-11-27(26)34(41)38(32(31)24-15-17-25(35)18-16-24)29-13-6-5-12-28(29)37-46(2,42)43/h3-4,7-11,15-18,20,28-29,31-32,37H,5-6,12-14,19,21H2,1-2H3,(H,36,40)/t28-,29?,31+,32-/m0/s1. The summed E-state index contributed by atoms with van der Waals surface area (Å²) in [6.07, 6.45) is 4.64. The van der Waals surface area contributed by atoms with Crippen molar-refractivity contribution in [1.29, 1.82) is 0 Å². The molecule has 5 rings (SSSR count). The molecule has 3 aromatic carbocycles. The minimum Gasteiger partial charge on any atom is -0.469 e. The van der Waals surface area contributed by atoms with E-state index >= 15 is 0 Å². The van der Waals surface area contributed by atoms with Gasteiger partial charge in [0, 0.05) is 29.1 Å². The quantitative estimate of drug-likeness (QED) is 0.221. The van der Waals surface area contributed by atoms with Gasteiger partial charge in [-0.3, -0.25) is 19.2 Å². The van der Waals surface area contributed by atoms with Crippen LogP contribution in [0.2, 0.25) is 5.02 Å². The molecule has 1 heterocycles. The predicted octanol–water partition coefficient (Wildman–Crippen LogP) is 4.83. The number of carbonyl (C=O) groups is 3. The molecule has 1 unspecified atom stereocenters. The number of nitrogens with one attached hydrogen (secondary N) is 2. The van der Waals surface area contributed by atoms with Crippen molar-refractivity contribution in [3.63, 3.8) is 0 Å². The Hall–Kier alpha value is -3.77. The second-order valence-electron chi connectivity index (χ2n) is 11.8. The van der Waals surface area contributed by atoms with E-state index in [1.54, 1.807) is 53.4 Å². The fourth-order valence-corrected chi connectivity index (χ4v) is 7.50. The van der Waals surface area contributed by atoms with Crippen LogP contribution in [0.4, 0.5) is 0 Å². The van der Waals surface area contributed by atoms with E-state index in [4.69, 9.17) is 21.2 Å². The Kier molecular flexibility index (Phi) is 10.8. The molecule has 4 atom stereocenters. The van der Waals surface area contributed by atoms with Crippen LogP contribution >= 0.6 is 11.6 Å². The van der Waals surface area contributed by atoms with Gasteiger partial charge >= 0.3 is 5.97 Å². The molecule has 244 valence electrons. The summed E-state index contributed by atoms with van der Waals surface area (Å²) in [7, 11) is -2.22. The first-order chi connectivity index (χ1) is 22.1. The van der Waals surface area contributed by atoms with E-state index in [1.165, 1.54) is 7.11 Å². The highest BCUT2D eigenvalue weighted by Crippen LogP contribution is 2.46. The summed E-state index contributed by atoms with van der Waals surface area (Å²) in [5, 5.41) is 0.505. The van der Waals surface area contributed by atoms with Crippen molar-refractivity contribution in [2.75, 3.05) is 13.4 Å². The molecule has 1 fully saturated rings. The summed E-state index contributed by atoms with van der Waals surface area (Å²) in [6.45, 7) is 0.0728. The Balaban J connectivity index is 1.46. The van der Waals surface area contributed by atoms with Crippen LogP contribution < -0.4 is 10.2 Å². The lowest BCUT2D eigenvalue weighted by atomic mass is 9.76. The van der Waals surface area contributed by atoms with Crippen molar-refractivity contribution in [3.8, 4) is 0 Å². The number of ether oxygens (including phenoxy) is 1. The van der Waals surface area contributed by atoms with E-state index in [9.17, 15) is 22.8 Å². The lowest BCUT2D eigenvalue weighted by Gasteiger charge is -2.49. The molecule has 1 aliphatic carbocycles. The van der Waals surface area contributed by atoms with E-state index < -0.39 is 40.0 Å². The number of fused-ring (bicyclic) bond motifs is 1. The van der Waals surface area contributed by atoms with Gasteiger partial charge in [0.05, 0.1) is 31.9 Å². The maximum Gasteiger partial charge on any atom is 0.305 e. The normalized spacial score (nSPS) is 21.4. The van der Waals surface area contributed by atoms with Gasteiger partial charge in [0.1, 0.15) is 0 Å². The van der Waals surface area contributed by atoms with Crippen molar-refractivity contribution >= 4 is 39.4 Å². The van der Waals surface area contributed by atoms with Crippen molar-refractivity contribution in [2.24, 2.45) is 0 Å². The number of hydroxylamine groups is 1. The Morgan fingerprint density at radius 2 is 1.70 bits per heavy atom. The van der Waals surface area contributed by atoms with Crippen molar-refractivity contribution in [3.05, 3.63) is 106 Å². The number of aryl methyl sites for hydroxylation is 1. The third-order valence-electron chi connectivity index (χ3n) is 8.57. The summed E-state index contributed by atoms with van der Waals surface area (Å²) in [6, 6.07) is 19.8. The molecule has 0 saturated heterocycles. The highest BCUT2D eigenvalue weighted by Gasteiger charge is 2.49. The average Bonchev–Trinajstić information content (AvgIpc) is 3.04. The lowest BCUT2D eigenvalue weighted by molar-refractivity contribution is -0.140. The molecule has 0 radical (unpaired) electrons. The molecular weight excluding hydrogens is 630 g/mol. The molecule has 2 amide bonds. The highest BCUT2D eigenvalue weighted by molar-refractivity contribution is 7.88. The van der Waals surface area contributed by atoms with Crippen molar-refractivity contribution in [1.82, 2.24) is 15.1 Å². The van der Waals surface area contributed by atoms with E-state index in [0.717, 1.165) is 30.2 Å². The number of rotatable bonds is 11. The van der Waals surface area contributed by atoms with E-state index in [1.807, 2.05) is 24.3 Å². The fourth-order valence-electron chi connectivity index (χ4n) is 6.55. The molecule has 10 nitrogen and oxygen atoms in total. The molecule has 1 aliphatic heterocycles. The van der Waals surface area contributed by atoms with Crippen molar-refractivity contribution < 1.29 is 32.4 Å². The van der Waals surface area contributed by atoms with Gasteiger partial charge in [-0.25, -0.2) is 18.6 Å². The third kappa shape index (κ3) is 7.95. The molecule has 0 bridgehead atoms. The number of hydrogen-bond donors (Lipinski definition) is 2. The number of benzene rings is 3. The Morgan fingerprint density at radius 1 is 0.978 bits per heavy atom. The minimum atomic E-state index is -3.57. The van der Waals surface area contributed by atoms with Crippen LogP contribution in [-0.4, -0.2) is 56.6 Å². The van der Waals surface area contributed by atoms with E-state index in [-0.39, 0.29) is 24.9 Å². The zero-order valence-corrected chi connectivity index (χ0v) is 27.4. The van der Waals surface area contributed by atoms with Crippen LogP contribution in [0.1, 0.15) is 76.7 Å². The third-order valence-corrected chi connectivity index (χ3v) is 9.55. The zero-order chi connectivity index (χ0) is 32.8. The van der Waals surface area contributed by atoms with Crippen LogP contribution in [0, 0.1) is 0 Å². The lowest BCUT2D eigenvalue weighted by Crippen LogP contribution is -2.59. The van der Waals surface area contributed by atoms with Crippen LogP contribution in [0.15, 0.2) is 72.8 Å². The largest absolute Gasteiger partial charge is 0.469 e. The summed E-state index contributed by atoms with van der Waals surface area (Å²) in [4.78, 5) is 47.5. The SMILES string of the molecule is COC(=O)CCc1cccc(CONC(=O)[C@@H]2c3ccccc3C(=O)N(C3CCCC[C@@H]3NS(C)(=O)=O)[C@H]2c2ccc(Cl)cc2)c1.